The molecule has 96 valence electrons. The Hall–Kier alpha value is -1.07. The van der Waals surface area contributed by atoms with Gasteiger partial charge in [0.1, 0.15) is 0 Å². The fourth-order valence-electron chi connectivity index (χ4n) is 2.46. The van der Waals surface area contributed by atoms with E-state index in [2.05, 4.69) is 27.8 Å². The van der Waals surface area contributed by atoms with Gasteiger partial charge in [-0.25, -0.2) is 4.79 Å². The van der Waals surface area contributed by atoms with Gasteiger partial charge < -0.3 is 9.15 Å². The van der Waals surface area contributed by atoms with Crippen molar-refractivity contribution in [3.63, 3.8) is 0 Å². The quantitative estimate of drug-likeness (QED) is 0.867. The van der Waals surface area contributed by atoms with E-state index < -0.39 is 5.76 Å². The van der Waals surface area contributed by atoms with Gasteiger partial charge in [-0.2, -0.15) is 0 Å². The van der Waals surface area contributed by atoms with Gasteiger partial charge in [-0.15, -0.1) is 0 Å². The van der Waals surface area contributed by atoms with E-state index in [1.807, 2.05) is 18.2 Å². The summed E-state index contributed by atoms with van der Waals surface area (Å²) in [5.74, 6) is 0.0502. The number of aromatic amines is 1. The number of rotatable bonds is 2. The summed E-state index contributed by atoms with van der Waals surface area (Å²) in [6.45, 7) is 2.86. The van der Waals surface area contributed by atoms with Crippen LogP contribution in [0.1, 0.15) is 23.7 Å². The van der Waals surface area contributed by atoms with Gasteiger partial charge in [0.05, 0.1) is 18.2 Å². The van der Waals surface area contributed by atoms with Crippen LogP contribution in [0.4, 0.5) is 0 Å². The van der Waals surface area contributed by atoms with Gasteiger partial charge in [-0.3, -0.25) is 4.98 Å². The number of halogens is 1. The maximum atomic E-state index is 11.1. The number of fused-ring (bicyclic) bond motifs is 1. The van der Waals surface area contributed by atoms with Gasteiger partial charge in [0.2, 0.25) is 0 Å². The fraction of sp³-hybridized carbons (Fsp3) is 0.462. The zero-order chi connectivity index (χ0) is 12.7. The van der Waals surface area contributed by atoms with Gasteiger partial charge in [-0.05, 0) is 31.0 Å². The second kappa shape index (κ2) is 4.55. The summed E-state index contributed by atoms with van der Waals surface area (Å²) in [4.78, 5) is 14.0. The molecular formula is C13H14BrNO3. The van der Waals surface area contributed by atoms with E-state index in [0.29, 0.717) is 17.6 Å². The molecule has 0 spiro atoms. The molecule has 1 aromatic heterocycles. The van der Waals surface area contributed by atoms with Crippen LogP contribution in [-0.4, -0.2) is 17.7 Å². The smallest absolute Gasteiger partial charge is 0.408 e. The molecule has 0 saturated carbocycles. The summed E-state index contributed by atoms with van der Waals surface area (Å²) in [7, 11) is 0. The molecule has 1 fully saturated rings. The van der Waals surface area contributed by atoms with Gasteiger partial charge in [0, 0.05) is 10.7 Å². The molecule has 1 aliphatic heterocycles. The first kappa shape index (κ1) is 12.0. The van der Waals surface area contributed by atoms with Crippen LogP contribution in [0.3, 0.4) is 0 Å². The minimum Gasteiger partial charge on any atom is -0.408 e. The Balaban J connectivity index is 1.91. The van der Waals surface area contributed by atoms with Crippen LogP contribution in [0.2, 0.25) is 0 Å². The second-order valence-electron chi connectivity index (χ2n) is 4.81. The zero-order valence-electron chi connectivity index (χ0n) is 9.98. The third-order valence-corrected chi connectivity index (χ3v) is 4.68. The predicted molar refractivity (Wildman–Crippen MR) is 72.0 cm³/mol. The van der Waals surface area contributed by atoms with Crippen molar-refractivity contribution in [2.24, 2.45) is 5.92 Å². The minimum atomic E-state index is -0.411. The highest BCUT2D eigenvalue weighted by Gasteiger charge is 2.29. The van der Waals surface area contributed by atoms with E-state index >= 15 is 0 Å². The molecule has 18 heavy (non-hydrogen) atoms. The van der Waals surface area contributed by atoms with Crippen molar-refractivity contribution < 1.29 is 9.15 Å². The second-order valence-corrected chi connectivity index (χ2v) is 5.80. The number of H-pyrrole nitrogens is 1. The molecule has 0 aliphatic carbocycles. The van der Waals surface area contributed by atoms with Crippen LogP contribution >= 0.6 is 15.9 Å². The molecular weight excluding hydrogens is 298 g/mol. The summed E-state index contributed by atoms with van der Waals surface area (Å²) in [5, 5.41) is 0. The normalized spacial score (nSPS) is 25.7. The molecule has 1 aromatic carbocycles. The van der Waals surface area contributed by atoms with Crippen molar-refractivity contribution in [2.45, 2.75) is 24.3 Å². The van der Waals surface area contributed by atoms with Crippen molar-refractivity contribution in [3.8, 4) is 0 Å². The Labute approximate surface area is 112 Å². The van der Waals surface area contributed by atoms with E-state index in [4.69, 9.17) is 9.15 Å². The molecule has 1 aliphatic rings. The molecule has 4 nitrogen and oxygen atoms in total. The molecule has 2 heterocycles. The topological polar surface area (TPSA) is 55.2 Å². The van der Waals surface area contributed by atoms with Crippen LogP contribution in [0.15, 0.2) is 27.4 Å². The van der Waals surface area contributed by atoms with Gasteiger partial charge >= 0.3 is 5.76 Å². The highest BCUT2D eigenvalue weighted by atomic mass is 79.9. The summed E-state index contributed by atoms with van der Waals surface area (Å²) in [6.07, 6.45) is 1.37. The number of nitrogens with one attached hydrogen (secondary N) is 1. The fourth-order valence-corrected chi connectivity index (χ4v) is 3.11. The van der Waals surface area contributed by atoms with Crippen molar-refractivity contribution in [3.05, 3.63) is 34.3 Å². The first-order valence-corrected chi connectivity index (χ1v) is 6.93. The number of alkyl halides is 1. The molecule has 0 radical (unpaired) electrons. The first-order chi connectivity index (χ1) is 8.63. The SMILES string of the molecule is CC1CC(C(Br)c2ccc3[nH]c(=O)oc3c2)CO1. The van der Waals surface area contributed by atoms with Crippen LogP contribution in [-0.2, 0) is 4.74 Å². The Morgan fingerprint density at radius 2 is 2.33 bits per heavy atom. The Bertz CT molecular complexity index is 618. The maximum absolute atomic E-state index is 11.1. The number of ether oxygens (including phenoxy) is 1. The standard InChI is InChI=1S/C13H14BrNO3/c1-7-4-9(6-17-7)12(14)8-2-3-10-11(5-8)18-13(16)15-10/h2-3,5,7,9,12H,4,6H2,1H3,(H,15,16). The molecule has 1 N–H and O–H groups in total. The predicted octanol–water partition coefficient (Wildman–Crippen LogP) is 2.98. The van der Waals surface area contributed by atoms with E-state index in [1.165, 1.54) is 0 Å². The minimum absolute atomic E-state index is 0.229. The first-order valence-electron chi connectivity index (χ1n) is 6.02. The number of hydrogen-bond acceptors (Lipinski definition) is 3. The molecule has 2 aromatic rings. The third-order valence-electron chi connectivity index (χ3n) is 3.41. The van der Waals surface area contributed by atoms with E-state index in [9.17, 15) is 4.79 Å². The van der Waals surface area contributed by atoms with Gasteiger partial charge in [-0.1, -0.05) is 22.0 Å². The van der Waals surface area contributed by atoms with Crippen LogP contribution in [0, 0.1) is 5.92 Å². The molecule has 3 rings (SSSR count). The van der Waals surface area contributed by atoms with Crippen molar-refractivity contribution >= 4 is 27.0 Å². The third kappa shape index (κ3) is 2.12. The highest BCUT2D eigenvalue weighted by Crippen LogP contribution is 2.38. The van der Waals surface area contributed by atoms with E-state index in [0.717, 1.165) is 24.1 Å². The molecule has 3 unspecified atom stereocenters. The molecule has 5 heteroatoms. The lowest BCUT2D eigenvalue weighted by Crippen LogP contribution is -2.07. The van der Waals surface area contributed by atoms with Crippen molar-refractivity contribution in [1.82, 2.24) is 4.98 Å². The molecule has 1 saturated heterocycles. The van der Waals surface area contributed by atoms with Crippen LogP contribution in [0.25, 0.3) is 11.1 Å². The van der Waals surface area contributed by atoms with Crippen LogP contribution < -0.4 is 5.76 Å². The Morgan fingerprint density at radius 3 is 3.06 bits per heavy atom. The monoisotopic (exact) mass is 311 g/mol. The van der Waals surface area contributed by atoms with Crippen molar-refractivity contribution in [2.75, 3.05) is 6.61 Å². The Morgan fingerprint density at radius 1 is 1.50 bits per heavy atom. The average molecular weight is 312 g/mol. The number of oxazole rings is 1. The van der Waals surface area contributed by atoms with Crippen molar-refractivity contribution in [1.29, 1.82) is 0 Å². The number of hydrogen-bond donors (Lipinski definition) is 1. The van der Waals surface area contributed by atoms with Gasteiger partial charge in [0.15, 0.2) is 5.58 Å². The molecule has 0 bridgehead atoms. The molecule has 0 amide bonds. The number of aromatic nitrogens is 1. The van der Waals surface area contributed by atoms with Crippen LogP contribution in [0.5, 0.6) is 0 Å². The summed E-state index contributed by atoms with van der Waals surface area (Å²) in [5.41, 5.74) is 2.46. The summed E-state index contributed by atoms with van der Waals surface area (Å²) >= 11 is 3.72. The average Bonchev–Trinajstić information content (AvgIpc) is 2.92. The van der Waals surface area contributed by atoms with Gasteiger partial charge in [0.25, 0.3) is 0 Å². The lowest BCUT2D eigenvalue weighted by atomic mass is 9.97. The highest BCUT2D eigenvalue weighted by molar-refractivity contribution is 9.09. The van der Waals surface area contributed by atoms with E-state index in [1.54, 1.807) is 0 Å². The van der Waals surface area contributed by atoms with E-state index in [-0.39, 0.29) is 4.83 Å². The maximum Gasteiger partial charge on any atom is 0.417 e. The lowest BCUT2D eigenvalue weighted by molar-refractivity contribution is 0.120. The Kier molecular flexibility index (Phi) is 3.03. The zero-order valence-corrected chi connectivity index (χ0v) is 11.6. The summed E-state index contributed by atoms with van der Waals surface area (Å²) < 4.78 is 10.7. The lowest BCUT2D eigenvalue weighted by Gasteiger charge is -2.16. The molecule has 3 atom stereocenters. The largest absolute Gasteiger partial charge is 0.417 e. The summed E-state index contributed by atoms with van der Waals surface area (Å²) in [6, 6.07) is 5.80. The number of benzene rings is 1.